The van der Waals surface area contributed by atoms with Crippen molar-refractivity contribution in [2.75, 3.05) is 0 Å². The number of aromatic nitrogens is 3. The molecule has 0 saturated heterocycles. The lowest BCUT2D eigenvalue weighted by molar-refractivity contribution is 0.593. The molecule has 9 aromatic carbocycles. The van der Waals surface area contributed by atoms with E-state index in [2.05, 4.69) is 150 Å². The fraction of sp³-hybridized carbons (Fsp3) is 0. The van der Waals surface area contributed by atoms with E-state index < -0.39 is 7.14 Å². The van der Waals surface area contributed by atoms with E-state index in [1.165, 1.54) is 16.3 Å². The highest BCUT2D eigenvalue weighted by atomic mass is 31.2. The maximum absolute atomic E-state index is 15.8. The summed E-state index contributed by atoms with van der Waals surface area (Å²) in [4.78, 5) is 10.3. The van der Waals surface area contributed by atoms with Gasteiger partial charge in [-0.2, -0.15) is 0 Å². The minimum Gasteiger partial charge on any atom is -0.309 e. The molecule has 5 heteroatoms. The maximum Gasteiger partial charge on any atom is 0.172 e. The monoisotopic (exact) mass is 771 g/mol. The number of rotatable bonds is 5. The molecule has 4 nitrogen and oxygen atoms in total. The largest absolute Gasteiger partial charge is 0.309 e. The Labute approximate surface area is 341 Å². The number of hydrogen-bond donors (Lipinski definition) is 0. The fourth-order valence-electron chi connectivity index (χ4n) is 9.24. The summed E-state index contributed by atoms with van der Waals surface area (Å²) < 4.78 is 18.1. The van der Waals surface area contributed by atoms with Gasteiger partial charge in [-0.25, -0.2) is 9.97 Å². The van der Waals surface area contributed by atoms with E-state index in [9.17, 15) is 0 Å². The number of para-hydroxylation sites is 2. The van der Waals surface area contributed by atoms with E-state index in [0.29, 0.717) is 5.82 Å². The molecule has 0 radical (unpaired) electrons. The summed E-state index contributed by atoms with van der Waals surface area (Å²) in [5.41, 5.74) is 11.3. The SMILES string of the molecule is O=P1(c2ccccc2)c2ccccc2-c2ccc3c(c21)c1ccccc1n3-c1ccc(-c2nc(-c3ccc(-c4ccc5ccccc5c4)cc3)c3ccccc3n2)cc1. The van der Waals surface area contributed by atoms with Crippen LogP contribution in [0.2, 0.25) is 0 Å². The van der Waals surface area contributed by atoms with E-state index in [-0.39, 0.29) is 0 Å². The highest BCUT2D eigenvalue weighted by Crippen LogP contribution is 2.55. The molecule has 0 saturated carbocycles. The molecule has 11 aromatic rings. The first kappa shape index (κ1) is 33.7. The van der Waals surface area contributed by atoms with Crippen molar-refractivity contribution in [3.63, 3.8) is 0 Å². The quantitative estimate of drug-likeness (QED) is 0.164. The van der Waals surface area contributed by atoms with Gasteiger partial charge in [0, 0.05) is 48.9 Å². The number of hydrogen-bond acceptors (Lipinski definition) is 3. The zero-order valence-corrected chi connectivity index (χ0v) is 32.7. The molecule has 0 amide bonds. The van der Waals surface area contributed by atoms with Gasteiger partial charge in [0.15, 0.2) is 13.0 Å². The Morgan fingerprint density at radius 2 is 1.10 bits per heavy atom. The first-order valence-corrected chi connectivity index (χ1v) is 21.6. The van der Waals surface area contributed by atoms with Gasteiger partial charge < -0.3 is 9.13 Å². The van der Waals surface area contributed by atoms with Crippen LogP contribution in [0, 0.1) is 0 Å². The summed E-state index contributed by atoms with van der Waals surface area (Å²) in [7, 11) is -3.19. The van der Waals surface area contributed by atoms with E-state index >= 15 is 4.57 Å². The second-order valence-corrected chi connectivity index (χ2v) is 17.9. The second-order valence-electron chi connectivity index (χ2n) is 15.3. The first-order valence-electron chi connectivity index (χ1n) is 19.9. The minimum atomic E-state index is -3.19. The van der Waals surface area contributed by atoms with Crippen LogP contribution in [-0.2, 0) is 4.57 Å². The highest BCUT2D eigenvalue weighted by Gasteiger charge is 2.42. The summed E-state index contributed by atoms with van der Waals surface area (Å²) in [5, 5.41) is 8.30. The molecule has 12 rings (SSSR count). The summed E-state index contributed by atoms with van der Waals surface area (Å²) in [5.74, 6) is 0.672. The Morgan fingerprint density at radius 1 is 0.441 bits per heavy atom. The number of nitrogens with zero attached hydrogens (tertiary/aromatic N) is 3. The summed E-state index contributed by atoms with van der Waals surface area (Å²) in [6, 6.07) is 71.6. The van der Waals surface area contributed by atoms with Crippen LogP contribution in [0.3, 0.4) is 0 Å². The molecule has 1 aliphatic heterocycles. The van der Waals surface area contributed by atoms with Gasteiger partial charge in [-0.05, 0) is 81.6 Å². The Balaban J connectivity index is 0.970. The third-order valence-corrected chi connectivity index (χ3v) is 15.2. The van der Waals surface area contributed by atoms with Crippen LogP contribution in [0.4, 0.5) is 0 Å². The van der Waals surface area contributed by atoms with Crippen LogP contribution in [0.5, 0.6) is 0 Å². The van der Waals surface area contributed by atoms with E-state index in [1.54, 1.807) is 0 Å². The predicted octanol–water partition coefficient (Wildman–Crippen LogP) is 12.5. The van der Waals surface area contributed by atoms with Gasteiger partial charge in [0.25, 0.3) is 0 Å². The van der Waals surface area contributed by atoms with Crippen LogP contribution < -0.4 is 15.9 Å². The van der Waals surface area contributed by atoms with Crippen LogP contribution in [0.15, 0.2) is 206 Å². The van der Waals surface area contributed by atoms with Gasteiger partial charge in [0.05, 0.1) is 22.2 Å². The van der Waals surface area contributed by atoms with E-state index in [4.69, 9.17) is 9.97 Å². The summed E-state index contributed by atoms with van der Waals surface area (Å²) in [6.07, 6.45) is 0. The van der Waals surface area contributed by atoms with Gasteiger partial charge >= 0.3 is 0 Å². The molecule has 1 aliphatic rings. The maximum atomic E-state index is 15.8. The molecular formula is C54H34N3OP. The molecule has 1 atom stereocenters. The average molecular weight is 772 g/mol. The predicted molar refractivity (Wildman–Crippen MR) is 246 cm³/mol. The Kier molecular flexibility index (Phi) is 7.47. The summed E-state index contributed by atoms with van der Waals surface area (Å²) >= 11 is 0. The van der Waals surface area contributed by atoms with E-state index in [1.807, 2.05) is 60.7 Å². The Hall–Kier alpha value is -7.39. The lowest BCUT2D eigenvalue weighted by Crippen LogP contribution is -2.21. The zero-order chi connectivity index (χ0) is 39.1. The van der Waals surface area contributed by atoms with Gasteiger partial charge in [0.2, 0.25) is 0 Å². The number of benzene rings is 9. The van der Waals surface area contributed by atoms with Crippen molar-refractivity contribution in [1.29, 1.82) is 0 Å². The van der Waals surface area contributed by atoms with Crippen molar-refractivity contribution < 1.29 is 4.57 Å². The van der Waals surface area contributed by atoms with Gasteiger partial charge in [-0.1, -0.05) is 158 Å². The van der Waals surface area contributed by atoms with Crippen molar-refractivity contribution in [2.45, 2.75) is 0 Å². The summed E-state index contributed by atoms with van der Waals surface area (Å²) in [6.45, 7) is 0. The lowest BCUT2D eigenvalue weighted by atomic mass is 9.98. The van der Waals surface area contributed by atoms with Crippen molar-refractivity contribution in [3.8, 4) is 50.6 Å². The topological polar surface area (TPSA) is 47.8 Å². The molecule has 1 unspecified atom stereocenters. The third-order valence-electron chi connectivity index (χ3n) is 12.0. The molecule has 276 valence electrons. The van der Waals surface area contributed by atoms with Crippen molar-refractivity contribution >= 4 is 66.5 Å². The van der Waals surface area contributed by atoms with Crippen LogP contribution in [0.1, 0.15) is 0 Å². The van der Waals surface area contributed by atoms with Crippen LogP contribution in [0.25, 0.3) is 94.1 Å². The molecule has 0 fully saturated rings. The molecular weight excluding hydrogens is 738 g/mol. The van der Waals surface area contributed by atoms with Gasteiger partial charge in [-0.3, -0.25) is 0 Å². The smallest absolute Gasteiger partial charge is 0.172 e. The zero-order valence-electron chi connectivity index (χ0n) is 31.8. The first-order chi connectivity index (χ1) is 29.1. The molecule has 3 heterocycles. The van der Waals surface area contributed by atoms with Crippen LogP contribution >= 0.6 is 7.14 Å². The van der Waals surface area contributed by atoms with E-state index in [0.717, 1.165) is 87.8 Å². The van der Waals surface area contributed by atoms with Crippen molar-refractivity contribution in [3.05, 3.63) is 206 Å². The fourth-order valence-corrected chi connectivity index (χ4v) is 12.5. The van der Waals surface area contributed by atoms with Gasteiger partial charge in [-0.15, -0.1) is 0 Å². The average Bonchev–Trinajstić information content (AvgIpc) is 3.78. The molecule has 0 N–H and O–H groups in total. The second kappa shape index (κ2) is 13.1. The third kappa shape index (κ3) is 5.13. The Morgan fingerprint density at radius 3 is 1.95 bits per heavy atom. The van der Waals surface area contributed by atoms with Gasteiger partial charge in [0.1, 0.15) is 0 Å². The highest BCUT2D eigenvalue weighted by molar-refractivity contribution is 7.86. The number of fused-ring (bicyclic) bond motifs is 9. The minimum absolute atomic E-state index is 0.672. The molecule has 0 spiro atoms. The molecule has 0 bridgehead atoms. The molecule has 2 aromatic heterocycles. The lowest BCUT2D eigenvalue weighted by Gasteiger charge is -2.17. The van der Waals surface area contributed by atoms with Crippen molar-refractivity contribution in [2.24, 2.45) is 0 Å². The van der Waals surface area contributed by atoms with Crippen molar-refractivity contribution in [1.82, 2.24) is 14.5 Å². The molecule has 0 aliphatic carbocycles. The Bertz CT molecular complexity index is 3520. The standard InChI is InChI=1S/C54H34N3OP/c58-59(42-14-2-1-3-15-42)50-21-11-8-16-43(50)44-32-33-49-51(53(44)59)46-18-7-10-20-48(46)57(49)41-30-28-38(29-31-41)54-55-47-19-9-6-17-45(47)52(56-54)37-25-22-36(23-26-37)40-27-24-35-12-4-5-13-39(35)34-40/h1-34H. The normalized spacial score (nSPS) is 14.6. The molecule has 59 heavy (non-hydrogen) atoms. The van der Waals surface area contributed by atoms with Crippen LogP contribution in [-0.4, -0.2) is 14.5 Å².